The summed E-state index contributed by atoms with van der Waals surface area (Å²) in [5, 5.41) is 3.16. The largest absolute Gasteiger partial charge is 0.368 e. The van der Waals surface area contributed by atoms with Gasteiger partial charge in [0.2, 0.25) is 5.91 Å². The zero-order valence-corrected chi connectivity index (χ0v) is 9.78. The van der Waals surface area contributed by atoms with Gasteiger partial charge in [0.15, 0.2) is 0 Å². The van der Waals surface area contributed by atoms with E-state index in [1.165, 1.54) is 5.56 Å². The van der Waals surface area contributed by atoms with Gasteiger partial charge in [-0.3, -0.25) is 4.79 Å². The Balaban J connectivity index is 2.41. The number of rotatable bonds is 7. The van der Waals surface area contributed by atoms with Crippen LogP contribution in [0.3, 0.4) is 0 Å². The molecule has 3 nitrogen and oxygen atoms in total. The standard InChI is InChI=1S/C13H20N2O/c1-2-10-15-12(13(14)16)9-8-11-6-4-3-5-7-11/h3-7,12,15H,2,8-10H2,1H3,(H2,14,16). The lowest BCUT2D eigenvalue weighted by Crippen LogP contribution is -2.41. The molecule has 1 unspecified atom stereocenters. The van der Waals surface area contributed by atoms with Gasteiger partial charge in [-0.05, 0) is 31.4 Å². The number of amides is 1. The maximum Gasteiger partial charge on any atom is 0.234 e. The number of nitrogens with two attached hydrogens (primary N) is 1. The van der Waals surface area contributed by atoms with Crippen molar-refractivity contribution in [1.82, 2.24) is 5.32 Å². The first kappa shape index (κ1) is 12.7. The Bertz CT molecular complexity index is 311. The highest BCUT2D eigenvalue weighted by molar-refractivity contribution is 5.79. The van der Waals surface area contributed by atoms with E-state index in [1.807, 2.05) is 18.2 Å². The third-order valence-corrected chi connectivity index (χ3v) is 2.55. The average molecular weight is 220 g/mol. The molecular formula is C13H20N2O. The van der Waals surface area contributed by atoms with Gasteiger partial charge in [-0.15, -0.1) is 0 Å². The number of hydrogen-bond acceptors (Lipinski definition) is 2. The third kappa shape index (κ3) is 4.45. The van der Waals surface area contributed by atoms with Crippen LogP contribution in [0.25, 0.3) is 0 Å². The summed E-state index contributed by atoms with van der Waals surface area (Å²) in [5.41, 5.74) is 6.58. The number of benzene rings is 1. The Kier molecular flexibility index (Phi) is 5.57. The molecule has 0 aliphatic carbocycles. The molecule has 0 aromatic heterocycles. The van der Waals surface area contributed by atoms with Crippen LogP contribution in [0.4, 0.5) is 0 Å². The molecule has 1 amide bonds. The first-order valence-corrected chi connectivity index (χ1v) is 5.80. The van der Waals surface area contributed by atoms with Crippen molar-refractivity contribution in [3.63, 3.8) is 0 Å². The van der Waals surface area contributed by atoms with Crippen molar-refractivity contribution < 1.29 is 4.79 Å². The molecule has 0 aliphatic heterocycles. The molecule has 3 N–H and O–H groups in total. The van der Waals surface area contributed by atoms with Crippen LogP contribution in [0.15, 0.2) is 30.3 Å². The lowest BCUT2D eigenvalue weighted by Gasteiger charge is -2.14. The zero-order valence-electron chi connectivity index (χ0n) is 9.78. The minimum atomic E-state index is -0.260. The van der Waals surface area contributed by atoms with E-state index in [9.17, 15) is 4.79 Å². The second kappa shape index (κ2) is 7.01. The van der Waals surface area contributed by atoms with Gasteiger partial charge in [0.1, 0.15) is 0 Å². The van der Waals surface area contributed by atoms with Crippen molar-refractivity contribution in [2.75, 3.05) is 6.54 Å². The molecule has 1 aromatic carbocycles. The van der Waals surface area contributed by atoms with Gasteiger partial charge in [0.05, 0.1) is 6.04 Å². The Hall–Kier alpha value is -1.35. The summed E-state index contributed by atoms with van der Waals surface area (Å²) in [5.74, 6) is -0.260. The molecule has 0 bridgehead atoms. The summed E-state index contributed by atoms with van der Waals surface area (Å²) in [6.45, 7) is 2.91. The summed E-state index contributed by atoms with van der Waals surface area (Å²) in [6, 6.07) is 9.93. The maximum absolute atomic E-state index is 11.2. The fourth-order valence-electron chi connectivity index (χ4n) is 1.62. The molecule has 3 heteroatoms. The summed E-state index contributed by atoms with van der Waals surface area (Å²) in [6.07, 6.45) is 2.65. The fourth-order valence-corrected chi connectivity index (χ4v) is 1.62. The van der Waals surface area contributed by atoms with E-state index < -0.39 is 0 Å². The molecule has 0 heterocycles. The normalized spacial score (nSPS) is 12.3. The highest BCUT2D eigenvalue weighted by atomic mass is 16.1. The molecule has 0 fully saturated rings. The van der Waals surface area contributed by atoms with Crippen molar-refractivity contribution in [3.05, 3.63) is 35.9 Å². The Morgan fingerprint density at radius 3 is 2.62 bits per heavy atom. The van der Waals surface area contributed by atoms with E-state index >= 15 is 0 Å². The van der Waals surface area contributed by atoms with Crippen LogP contribution in [-0.4, -0.2) is 18.5 Å². The van der Waals surface area contributed by atoms with Gasteiger partial charge < -0.3 is 11.1 Å². The third-order valence-electron chi connectivity index (χ3n) is 2.55. The predicted molar refractivity (Wildman–Crippen MR) is 66.0 cm³/mol. The highest BCUT2D eigenvalue weighted by Gasteiger charge is 2.13. The van der Waals surface area contributed by atoms with Gasteiger partial charge in [-0.1, -0.05) is 37.3 Å². The second-order valence-corrected chi connectivity index (χ2v) is 3.93. The first-order valence-electron chi connectivity index (χ1n) is 5.80. The van der Waals surface area contributed by atoms with E-state index in [0.29, 0.717) is 0 Å². The molecule has 0 aliphatic rings. The molecule has 0 saturated carbocycles. The van der Waals surface area contributed by atoms with Gasteiger partial charge >= 0.3 is 0 Å². The van der Waals surface area contributed by atoms with Gasteiger partial charge in [-0.2, -0.15) is 0 Å². The molecular weight excluding hydrogens is 200 g/mol. The van der Waals surface area contributed by atoms with Gasteiger partial charge in [-0.25, -0.2) is 0 Å². The number of aryl methyl sites for hydroxylation is 1. The predicted octanol–water partition coefficient (Wildman–Crippen LogP) is 1.47. The van der Waals surface area contributed by atoms with E-state index in [1.54, 1.807) is 0 Å². The molecule has 0 spiro atoms. The van der Waals surface area contributed by atoms with Gasteiger partial charge in [0, 0.05) is 0 Å². The molecule has 0 saturated heterocycles. The highest BCUT2D eigenvalue weighted by Crippen LogP contribution is 2.04. The number of carbonyl (C=O) groups excluding carboxylic acids is 1. The summed E-state index contributed by atoms with van der Waals surface area (Å²) in [4.78, 5) is 11.2. The van der Waals surface area contributed by atoms with Crippen LogP contribution < -0.4 is 11.1 Å². The van der Waals surface area contributed by atoms with Crippen LogP contribution >= 0.6 is 0 Å². The Morgan fingerprint density at radius 1 is 1.38 bits per heavy atom. The first-order chi connectivity index (χ1) is 7.74. The van der Waals surface area contributed by atoms with Crippen molar-refractivity contribution >= 4 is 5.91 Å². The lowest BCUT2D eigenvalue weighted by atomic mass is 10.0. The van der Waals surface area contributed by atoms with Crippen LogP contribution in [0.5, 0.6) is 0 Å². The monoisotopic (exact) mass is 220 g/mol. The zero-order chi connectivity index (χ0) is 11.8. The lowest BCUT2D eigenvalue weighted by molar-refractivity contribution is -0.120. The van der Waals surface area contributed by atoms with Crippen LogP contribution in [0.1, 0.15) is 25.3 Å². The Morgan fingerprint density at radius 2 is 2.06 bits per heavy atom. The molecule has 88 valence electrons. The maximum atomic E-state index is 11.2. The fraction of sp³-hybridized carbons (Fsp3) is 0.462. The van der Waals surface area contributed by atoms with Crippen LogP contribution in [-0.2, 0) is 11.2 Å². The van der Waals surface area contributed by atoms with Crippen molar-refractivity contribution in [2.24, 2.45) is 5.73 Å². The number of hydrogen-bond donors (Lipinski definition) is 2. The van der Waals surface area contributed by atoms with E-state index in [0.717, 1.165) is 25.8 Å². The minimum absolute atomic E-state index is 0.208. The SMILES string of the molecule is CCCNC(CCc1ccccc1)C(N)=O. The Labute approximate surface area is 97.0 Å². The number of carbonyl (C=O) groups is 1. The topological polar surface area (TPSA) is 55.1 Å². The summed E-state index contributed by atoms with van der Waals surface area (Å²) >= 11 is 0. The minimum Gasteiger partial charge on any atom is -0.368 e. The van der Waals surface area contributed by atoms with Crippen molar-refractivity contribution in [2.45, 2.75) is 32.2 Å². The molecule has 1 rings (SSSR count). The number of primary amides is 1. The average Bonchev–Trinajstić information content (AvgIpc) is 2.30. The van der Waals surface area contributed by atoms with Crippen molar-refractivity contribution in [3.8, 4) is 0 Å². The molecule has 1 atom stereocenters. The van der Waals surface area contributed by atoms with E-state index in [2.05, 4.69) is 24.4 Å². The molecule has 16 heavy (non-hydrogen) atoms. The molecule has 1 aromatic rings. The van der Waals surface area contributed by atoms with Crippen molar-refractivity contribution in [1.29, 1.82) is 0 Å². The van der Waals surface area contributed by atoms with E-state index in [-0.39, 0.29) is 11.9 Å². The summed E-state index contributed by atoms with van der Waals surface area (Å²) < 4.78 is 0. The van der Waals surface area contributed by atoms with E-state index in [4.69, 9.17) is 5.73 Å². The second-order valence-electron chi connectivity index (χ2n) is 3.93. The quantitative estimate of drug-likeness (QED) is 0.731. The molecule has 0 radical (unpaired) electrons. The smallest absolute Gasteiger partial charge is 0.234 e. The van der Waals surface area contributed by atoms with Crippen LogP contribution in [0, 0.1) is 0 Å². The van der Waals surface area contributed by atoms with Gasteiger partial charge in [0.25, 0.3) is 0 Å². The number of nitrogens with one attached hydrogen (secondary N) is 1. The van der Waals surface area contributed by atoms with Crippen LogP contribution in [0.2, 0.25) is 0 Å². The summed E-state index contributed by atoms with van der Waals surface area (Å²) in [7, 11) is 0.